The third-order valence-corrected chi connectivity index (χ3v) is 5.75. The molecule has 7 heteroatoms. The minimum Gasteiger partial charge on any atom is -0.389 e. The van der Waals surface area contributed by atoms with E-state index >= 15 is 0 Å². The molecule has 2 aromatic heterocycles. The molecule has 1 amide bonds. The summed E-state index contributed by atoms with van der Waals surface area (Å²) in [7, 11) is 0. The number of carbonyl (C=O) groups excluding carboxylic acids is 1. The number of aryl methyl sites for hydroxylation is 1. The number of benzene rings is 1. The molecule has 1 aromatic carbocycles. The number of hydrogen-bond acceptors (Lipinski definition) is 6. The Morgan fingerprint density at radius 3 is 2.61 bits per heavy atom. The van der Waals surface area contributed by atoms with Gasteiger partial charge in [-0.3, -0.25) is 9.78 Å². The normalized spacial score (nSPS) is 13.9. The Morgan fingerprint density at radius 2 is 1.94 bits per heavy atom. The Kier molecular flexibility index (Phi) is 5.88. The van der Waals surface area contributed by atoms with E-state index in [9.17, 15) is 15.2 Å². The SMILES string of the molecule is Cc1ccc(NC(=O)c2ccnc(C(C)(C)C)c2)cc1-c1cnc(N2CC(O)C2)c(C#N)c1. The number of nitrogens with one attached hydrogen (secondary N) is 1. The fourth-order valence-corrected chi connectivity index (χ4v) is 3.76. The fraction of sp³-hybridized carbons (Fsp3) is 0.308. The molecule has 33 heavy (non-hydrogen) atoms. The van der Waals surface area contributed by atoms with Crippen molar-refractivity contribution < 1.29 is 9.90 Å². The molecular weight excluding hydrogens is 414 g/mol. The lowest BCUT2D eigenvalue weighted by atomic mass is 9.91. The Bertz CT molecular complexity index is 1250. The van der Waals surface area contributed by atoms with Gasteiger partial charge in [0.15, 0.2) is 0 Å². The Labute approximate surface area is 193 Å². The van der Waals surface area contributed by atoms with Crippen molar-refractivity contribution in [1.29, 1.82) is 5.26 Å². The second-order valence-corrected chi connectivity index (χ2v) is 9.43. The standard InChI is InChI=1S/C26H27N5O2/c1-16-5-6-20(30-25(33)17-7-8-28-23(10-17)26(2,3)4)11-22(16)19-9-18(12-27)24(29-13-19)31-14-21(32)15-31/h5-11,13,21,32H,14-15H2,1-4H3,(H,30,33). The van der Waals surface area contributed by atoms with E-state index in [2.05, 4.69) is 42.1 Å². The van der Waals surface area contributed by atoms with E-state index in [4.69, 9.17) is 0 Å². The zero-order chi connectivity index (χ0) is 23.8. The third-order valence-electron chi connectivity index (χ3n) is 5.75. The van der Waals surface area contributed by atoms with Crippen molar-refractivity contribution in [2.45, 2.75) is 39.2 Å². The summed E-state index contributed by atoms with van der Waals surface area (Å²) in [5.41, 5.74) is 5.05. The van der Waals surface area contributed by atoms with Gasteiger partial charge in [0.05, 0.1) is 11.7 Å². The van der Waals surface area contributed by atoms with Crippen molar-refractivity contribution in [1.82, 2.24) is 9.97 Å². The number of aliphatic hydroxyl groups is 1. The molecule has 168 valence electrons. The zero-order valence-electron chi connectivity index (χ0n) is 19.3. The summed E-state index contributed by atoms with van der Waals surface area (Å²) in [6, 6.07) is 13.2. The van der Waals surface area contributed by atoms with Gasteiger partial charge in [-0.15, -0.1) is 0 Å². The highest BCUT2D eigenvalue weighted by atomic mass is 16.3. The largest absolute Gasteiger partial charge is 0.389 e. The van der Waals surface area contributed by atoms with Crippen LogP contribution in [0.4, 0.5) is 11.5 Å². The van der Waals surface area contributed by atoms with Crippen LogP contribution in [0.2, 0.25) is 0 Å². The van der Waals surface area contributed by atoms with Crippen LogP contribution in [0.25, 0.3) is 11.1 Å². The molecule has 0 saturated carbocycles. The Hall–Kier alpha value is -3.76. The van der Waals surface area contributed by atoms with Gasteiger partial charge in [0.25, 0.3) is 5.91 Å². The quantitative estimate of drug-likeness (QED) is 0.633. The minimum atomic E-state index is -0.375. The lowest BCUT2D eigenvalue weighted by Gasteiger charge is -2.37. The number of amides is 1. The van der Waals surface area contributed by atoms with Gasteiger partial charge < -0.3 is 15.3 Å². The van der Waals surface area contributed by atoms with Crippen LogP contribution in [0.3, 0.4) is 0 Å². The van der Waals surface area contributed by atoms with E-state index < -0.39 is 0 Å². The number of hydrogen-bond donors (Lipinski definition) is 2. The monoisotopic (exact) mass is 441 g/mol. The molecular formula is C26H27N5O2. The Morgan fingerprint density at radius 1 is 1.18 bits per heavy atom. The third kappa shape index (κ3) is 4.71. The molecule has 1 fully saturated rings. The smallest absolute Gasteiger partial charge is 0.255 e. The lowest BCUT2D eigenvalue weighted by Crippen LogP contribution is -2.51. The molecule has 0 bridgehead atoms. The van der Waals surface area contributed by atoms with Crippen LogP contribution in [-0.4, -0.2) is 40.2 Å². The maximum atomic E-state index is 12.9. The van der Waals surface area contributed by atoms with Gasteiger partial charge in [0, 0.05) is 53.4 Å². The van der Waals surface area contributed by atoms with Crippen LogP contribution in [-0.2, 0) is 5.41 Å². The Balaban J connectivity index is 1.60. The van der Waals surface area contributed by atoms with E-state index in [1.807, 2.05) is 36.1 Å². The first-order valence-corrected chi connectivity index (χ1v) is 10.9. The summed E-state index contributed by atoms with van der Waals surface area (Å²) >= 11 is 0. The maximum absolute atomic E-state index is 12.9. The van der Waals surface area contributed by atoms with Gasteiger partial charge in [-0.25, -0.2) is 4.98 Å². The van der Waals surface area contributed by atoms with E-state index in [-0.39, 0.29) is 17.4 Å². The molecule has 4 rings (SSSR count). The summed E-state index contributed by atoms with van der Waals surface area (Å²) < 4.78 is 0. The van der Waals surface area contributed by atoms with Crippen LogP contribution >= 0.6 is 0 Å². The van der Waals surface area contributed by atoms with E-state index in [0.717, 1.165) is 22.4 Å². The molecule has 3 aromatic rings. The molecule has 3 heterocycles. The zero-order valence-corrected chi connectivity index (χ0v) is 19.3. The predicted molar refractivity (Wildman–Crippen MR) is 128 cm³/mol. The number of β-amino-alcohol motifs (C(OH)–C–C–N with tert-alkyl or cyclic N) is 1. The van der Waals surface area contributed by atoms with Crippen LogP contribution in [0.15, 0.2) is 48.8 Å². The first-order valence-electron chi connectivity index (χ1n) is 10.9. The van der Waals surface area contributed by atoms with Gasteiger partial charge in [0.1, 0.15) is 11.9 Å². The highest BCUT2D eigenvalue weighted by Gasteiger charge is 2.27. The molecule has 0 unspecified atom stereocenters. The van der Waals surface area contributed by atoms with Gasteiger partial charge in [-0.2, -0.15) is 5.26 Å². The molecule has 2 N–H and O–H groups in total. The highest BCUT2D eigenvalue weighted by Crippen LogP contribution is 2.31. The number of carbonyl (C=O) groups is 1. The molecule has 0 radical (unpaired) electrons. The number of aromatic nitrogens is 2. The molecule has 1 aliphatic heterocycles. The molecule has 0 spiro atoms. The van der Waals surface area contributed by atoms with Crippen molar-refractivity contribution in [3.05, 3.63) is 71.2 Å². The van der Waals surface area contributed by atoms with E-state index in [1.54, 1.807) is 24.5 Å². The summed E-state index contributed by atoms with van der Waals surface area (Å²) in [5, 5.41) is 22.2. The first-order chi connectivity index (χ1) is 15.7. The predicted octanol–water partition coefficient (Wildman–Crippen LogP) is 4.05. The molecule has 7 nitrogen and oxygen atoms in total. The maximum Gasteiger partial charge on any atom is 0.255 e. The fourth-order valence-electron chi connectivity index (χ4n) is 3.76. The van der Waals surface area contributed by atoms with Crippen LogP contribution in [0.1, 0.15) is 48.0 Å². The second-order valence-electron chi connectivity index (χ2n) is 9.43. The van der Waals surface area contributed by atoms with Crippen LogP contribution in [0, 0.1) is 18.3 Å². The number of pyridine rings is 2. The average molecular weight is 442 g/mol. The molecule has 0 atom stereocenters. The van der Waals surface area contributed by atoms with Crippen LogP contribution < -0.4 is 10.2 Å². The molecule has 1 aliphatic rings. The number of rotatable bonds is 4. The summed E-state index contributed by atoms with van der Waals surface area (Å²) in [6.07, 6.45) is 3.01. The minimum absolute atomic E-state index is 0.154. The second kappa shape index (κ2) is 8.64. The number of anilines is 2. The number of aliphatic hydroxyl groups excluding tert-OH is 1. The summed E-state index contributed by atoms with van der Waals surface area (Å²) in [4.78, 5) is 23.7. The van der Waals surface area contributed by atoms with Crippen LogP contribution in [0.5, 0.6) is 0 Å². The number of nitrogens with zero attached hydrogens (tertiary/aromatic N) is 4. The van der Waals surface area contributed by atoms with Crippen molar-refractivity contribution >= 4 is 17.4 Å². The van der Waals surface area contributed by atoms with Crippen molar-refractivity contribution in [3.63, 3.8) is 0 Å². The highest BCUT2D eigenvalue weighted by molar-refractivity contribution is 6.04. The first kappa shape index (κ1) is 22.4. The summed E-state index contributed by atoms with van der Waals surface area (Å²) in [5.74, 6) is 0.376. The number of nitriles is 1. The van der Waals surface area contributed by atoms with E-state index in [1.165, 1.54) is 0 Å². The van der Waals surface area contributed by atoms with Crippen molar-refractivity contribution in [2.75, 3.05) is 23.3 Å². The molecule has 1 saturated heterocycles. The van der Waals surface area contributed by atoms with Gasteiger partial charge in [-0.05, 0) is 48.4 Å². The lowest BCUT2D eigenvalue weighted by molar-refractivity contribution is 0.102. The molecule has 0 aliphatic carbocycles. The topological polar surface area (TPSA) is 102 Å². The van der Waals surface area contributed by atoms with Gasteiger partial charge in [0.2, 0.25) is 0 Å². The average Bonchev–Trinajstić information content (AvgIpc) is 2.77. The van der Waals surface area contributed by atoms with Gasteiger partial charge >= 0.3 is 0 Å². The van der Waals surface area contributed by atoms with Gasteiger partial charge in [-0.1, -0.05) is 26.8 Å². The summed E-state index contributed by atoms with van der Waals surface area (Å²) in [6.45, 7) is 9.11. The van der Waals surface area contributed by atoms with Crippen molar-refractivity contribution in [3.8, 4) is 17.2 Å². The van der Waals surface area contributed by atoms with Crippen molar-refractivity contribution in [2.24, 2.45) is 0 Å². The van der Waals surface area contributed by atoms with E-state index in [0.29, 0.717) is 35.7 Å².